The summed E-state index contributed by atoms with van der Waals surface area (Å²) in [6, 6.07) is 17.2. The summed E-state index contributed by atoms with van der Waals surface area (Å²) in [5, 5.41) is 0.924. The topological polar surface area (TPSA) is 55.2 Å². The summed E-state index contributed by atoms with van der Waals surface area (Å²) in [4.78, 5) is 32.7. The number of amides is 1. The van der Waals surface area contributed by atoms with E-state index in [0.717, 1.165) is 31.4 Å². The van der Waals surface area contributed by atoms with E-state index in [2.05, 4.69) is 0 Å². The Hall–Kier alpha value is -2.60. The fraction of sp³-hybridized carbons (Fsp3) is 0.348. The fourth-order valence-corrected chi connectivity index (χ4v) is 5.02. The van der Waals surface area contributed by atoms with Gasteiger partial charge in [-0.25, -0.2) is 4.98 Å². The van der Waals surface area contributed by atoms with Crippen molar-refractivity contribution in [2.24, 2.45) is 0 Å². The molecule has 150 valence electrons. The number of rotatable bonds is 5. The molecule has 3 aromatic rings. The van der Waals surface area contributed by atoms with Gasteiger partial charge in [-0.1, -0.05) is 54.9 Å². The molecule has 1 aliphatic carbocycles. The number of fused-ring (bicyclic) bond motifs is 1. The van der Waals surface area contributed by atoms with Gasteiger partial charge in [0.25, 0.3) is 5.56 Å². The average molecular weight is 408 g/mol. The Balaban J connectivity index is 1.68. The molecule has 1 heterocycles. The molecule has 0 unspecified atom stereocenters. The minimum Gasteiger partial charge on any atom is -0.315 e. The molecule has 0 N–H and O–H groups in total. The lowest BCUT2D eigenvalue weighted by atomic mass is 10.2. The van der Waals surface area contributed by atoms with Crippen molar-refractivity contribution in [1.29, 1.82) is 0 Å². The highest BCUT2D eigenvalue weighted by molar-refractivity contribution is 8.00. The third-order valence-electron chi connectivity index (χ3n) is 5.57. The molecule has 1 saturated carbocycles. The molecule has 2 aromatic carbocycles. The van der Waals surface area contributed by atoms with E-state index in [0.29, 0.717) is 16.1 Å². The number of thioether (sulfide) groups is 1. The van der Waals surface area contributed by atoms with Crippen LogP contribution in [0.1, 0.15) is 38.6 Å². The zero-order valence-corrected chi connectivity index (χ0v) is 17.6. The van der Waals surface area contributed by atoms with Gasteiger partial charge in [0.2, 0.25) is 5.91 Å². The van der Waals surface area contributed by atoms with E-state index >= 15 is 0 Å². The zero-order valence-electron chi connectivity index (χ0n) is 16.7. The smallest absolute Gasteiger partial charge is 0.262 e. The Kier molecular flexibility index (Phi) is 5.72. The maximum absolute atomic E-state index is 13.3. The highest BCUT2D eigenvalue weighted by Gasteiger charge is 2.27. The van der Waals surface area contributed by atoms with Gasteiger partial charge < -0.3 is 4.90 Å². The largest absolute Gasteiger partial charge is 0.315 e. The fourth-order valence-electron chi connectivity index (χ4n) is 3.95. The van der Waals surface area contributed by atoms with Crippen molar-refractivity contribution in [3.8, 4) is 0 Å². The molecule has 1 fully saturated rings. The first-order valence-corrected chi connectivity index (χ1v) is 10.9. The summed E-state index contributed by atoms with van der Waals surface area (Å²) in [6.45, 7) is 1.88. The number of para-hydroxylation sites is 2. The molecular weight excluding hydrogens is 382 g/mol. The van der Waals surface area contributed by atoms with Crippen LogP contribution in [-0.4, -0.2) is 27.8 Å². The third kappa shape index (κ3) is 3.94. The number of anilines is 1. The lowest BCUT2D eigenvalue weighted by Gasteiger charge is -2.23. The second-order valence-corrected chi connectivity index (χ2v) is 8.83. The molecule has 0 aliphatic heterocycles. The first kappa shape index (κ1) is 19.7. The quantitative estimate of drug-likeness (QED) is 0.456. The summed E-state index contributed by atoms with van der Waals surface area (Å²) in [7, 11) is 1.78. The maximum Gasteiger partial charge on any atom is 0.262 e. The summed E-state index contributed by atoms with van der Waals surface area (Å²) < 4.78 is 1.84. The Morgan fingerprint density at radius 2 is 1.76 bits per heavy atom. The molecule has 0 bridgehead atoms. The van der Waals surface area contributed by atoms with Crippen molar-refractivity contribution in [3.05, 3.63) is 65.0 Å². The number of carbonyl (C=O) groups is 1. The third-order valence-corrected chi connectivity index (χ3v) is 6.62. The zero-order chi connectivity index (χ0) is 20.4. The molecule has 5 nitrogen and oxygen atoms in total. The molecular formula is C23H25N3O2S. The van der Waals surface area contributed by atoms with Crippen LogP contribution in [0.3, 0.4) is 0 Å². The Labute approximate surface area is 174 Å². The normalized spacial score (nSPS) is 15.5. The molecule has 6 heteroatoms. The van der Waals surface area contributed by atoms with Crippen LogP contribution in [0.5, 0.6) is 0 Å². The SMILES string of the molecule is C[C@@H](Sc1nc2ccccc2c(=O)n1C1CCCC1)C(=O)N(C)c1ccccc1. The van der Waals surface area contributed by atoms with Crippen molar-refractivity contribution >= 4 is 34.3 Å². The molecule has 1 aliphatic rings. The minimum atomic E-state index is -0.360. The first-order valence-electron chi connectivity index (χ1n) is 10.1. The van der Waals surface area contributed by atoms with Crippen molar-refractivity contribution < 1.29 is 4.79 Å². The van der Waals surface area contributed by atoms with E-state index in [1.807, 2.05) is 66.1 Å². The van der Waals surface area contributed by atoms with Crippen molar-refractivity contribution in [2.75, 3.05) is 11.9 Å². The Morgan fingerprint density at radius 3 is 2.48 bits per heavy atom. The lowest BCUT2D eigenvalue weighted by Crippen LogP contribution is -2.34. The van der Waals surface area contributed by atoms with Gasteiger partial charge in [-0.05, 0) is 44.0 Å². The van der Waals surface area contributed by atoms with Gasteiger partial charge in [-0.15, -0.1) is 0 Å². The van der Waals surface area contributed by atoms with Gasteiger partial charge >= 0.3 is 0 Å². The Morgan fingerprint density at radius 1 is 1.10 bits per heavy atom. The predicted octanol–water partition coefficient (Wildman–Crippen LogP) is 4.66. The standard InChI is InChI=1S/C23H25N3O2S/c1-16(21(27)25(2)17-10-4-3-5-11-17)29-23-24-20-15-9-8-14-19(20)22(28)26(23)18-12-6-7-13-18/h3-5,8-11,14-16,18H,6-7,12-13H2,1-2H3/t16-/m1/s1. The van der Waals surface area contributed by atoms with Crippen molar-refractivity contribution in [1.82, 2.24) is 9.55 Å². The van der Waals surface area contributed by atoms with E-state index in [1.54, 1.807) is 11.9 Å². The average Bonchev–Trinajstić information content (AvgIpc) is 3.27. The number of hydrogen-bond acceptors (Lipinski definition) is 4. The minimum absolute atomic E-state index is 0.000984. The van der Waals surface area contributed by atoms with Crippen LogP contribution < -0.4 is 10.5 Å². The number of benzene rings is 2. The van der Waals surface area contributed by atoms with E-state index in [1.165, 1.54) is 11.8 Å². The van der Waals surface area contributed by atoms with Crippen LogP contribution in [-0.2, 0) is 4.79 Å². The number of nitrogens with zero attached hydrogens (tertiary/aromatic N) is 3. The highest BCUT2D eigenvalue weighted by Crippen LogP contribution is 2.33. The molecule has 1 atom stereocenters. The molecule has 0 spiro atoms. The number of aromatic nitrogens is 2. The van der Waals surface area contributed by atoms with Crippen LogP contribution in [0.15, 0.2) is 64.5 Å². The van der Waals surface area contributed by atoms with Crippen LogP contribution >= 0.6 is 11.8 Å². The monoisotopic (exact) mass is 407 g/mol. The number of carbonyl (C=O) groups excluding carboxylic acids is 1. The molecule has 4 rings (SSSR count). The summed E-state index contributed by atoms with van der Waals surface area (Å²) in [6.07, 6.45) is 4.22. The van der Waals surface area contributed by atoms with Gasteiger partial charge in [-0.3, -0.25) is 14.2 Å². The molecule has 29 heavy (non-hydrogen) atoms. The van der Waals surface area contributed by atoms with E-state index in [9.17, 15) is 9.59 Å². The predicted molar refractivity (Wildman–Crippen MR) is 119 cm³/mol. The van der Waals surface area contributed by atoms with Crippen LogP contribution in [0.25, 0.3) is 10.9 Å². The number of hydrogen-bond donors (Lipinski definition) is 0. The summed E-state index contributed by atoms with van der Waals surface area (Å²) >= 11 is 1.38. The Bertz CT molecular complexity index is 1070. The molecule has 1 aromatic heterocycles. The van der Waals surface area contributed by atoms with Crippen LogP contribution in [0.2, 0.25) is 0 Å². The molecule has 0 radical (unpaired) electrons. The van der Waals surface area contributed by atoms with Crippen LogP contribution in [0.4, 0.5) is 5.69 Å². The van der Waals surface area contributed by atoms with E-state index in [-0.39, 0.29) is 22.8 Å². The van der Waals surface area contributed by atoms with Crippen molar-refractivity contribution in [2.45, 2.75) is 49.1 Å². The van der Waals surface area contributed by atoms with E-state index < -0.39 is 0 Å². The van der Waals surface area contributed by atoms with Crippen molar-refractivity contribution in [3.63, 3.8) is 0 Å². The summed E-state index contributed by atoms with van der Waals surface area (Å²) in [5.74, 6) is -0.0124. The molecule has 0 saturated heterocycles. The highest BCUT2D eigenvalue weighted by atomic mass is 32.2. The second kappa shape index (κ2) is 8.41. The molecule has 1 amide bonds. The van der Waals surface area contributed by atoms with Gasteiger partial charge in [0.1, 0.15) is 0 Å². The maximum atomic E-state index is 13.3. The summed E-state index contributed by atoms with van der Waals surface area (Å²) in [5.41, 5.74) is 1.54. The van der Waals surface area contributed by atoms with Gasteiger partial charge in [0.15, 0.2) is 5.16 Å². The van der Waals surface area contributed by atoms with E-state index in [4.69, 9.17) is 4.98 Å². The van der Waals surface area contributed by atoms with Gasteiger partial charge in [0.05, 0.1) is 16.2 Å². The van der Waals surface area contributed by atoms with Gasteiger partial charge in [0, 0.05) is 18.8 Å². The first-order chi connectivity index (χ1) is 14.1. The van der Waals surface area contributed by atoms with Gasteiger partial charge in [-0.2, -0.15) is 0 Å². The lowest BCUT2D eigenvalue weighted by molar-refractivity contribution is -0.117. The second-order valence-electron chi connectivity index (χ2n) is 7.52. The van der Waals surface area contributed by atoms with Crippen LogP contribution in [0, 0.1) is 0 Å².